The molecule has 0 spiro atoms. The summed E-state index contributed by atoms with van der Waals surface area (Å²) < 4.78 is 0. The Hall–Kier alpha value is -1.43. The van der Waals surface area contributed by atoms with Crippen molar-refractivity contribution >= 4 is 5.91 Å². The summed E-state index contributed by atoms with van der Waals surface area (Å²) in [7, 11) is 0. The molecule has 88 valence electrons. The fourth-order valence-corrected chi connectivity index (χ4v) is 1.25. The highest BCUT2D eigenvalue weighted by Crippen LogP contribution is 2.09. The Morgan fingerprint density at radius 2 is 1.81 bits per heavy atom. The van der Waals surface area contributed by atoms with Gasteiger partial charge in [0.1, 0.15) is 6.04 Å². The van der Waals surface area contributed by atoms with Crippen molar-refractivity contribution in [2.45, 2.75) is 12.1 Å². The molecule has 0 aliphatic rings. The molecule has 5 nitrogen and oxygen atoms in total. The van der Waals surface area contributed by atoms with Gasteiger partial charge in [-0.2, -0.15) is 0 Å². The molecule has 0 aliphatic heterocycles. The minimum atomic E-state index is -0.790. The van der Waals surface area contributed by atoms with Crippen molar-refractivity contribution in [2.24, 2.45) is 5.73 Å². The van der Waals surface area contributed by atoms with Crippen LogP contribution in [0.4, 0.5) is 0 Å². The Bertz CT molecular complexity index is 325. The van der Waals surface area contributed by atoms with Crippen molar-refractivity contribution < 1.29 is 15.0 Å². The third kappa shape index (κ3) is 3.30. The smallest absolute Gasteiger partial charge is 0.241 e. The van der Waals surface area contributed by atoms with E-state index in [0.717, 1.165) is 0 Å². The molecule has 16 heavy (non-hydrogen) atoms. The summed E-state index contributed by atoms with van der Waals surface area (Å²) in [5.41, 5.74) is 6.41. The molecule has 0 heterocycles. The maximum Gasteiger partial charge on any atom is 0.241 e. The second kappa shape index (κ2) is 6.22. The molecule has 1 atom stereocenters. The van der Waals surface area contributed by atoms with Crippen molar-refractivity contribution in [3.8, 4) is 0 Å². The van der Waals surface area contributed by atoms with E-state index in [0.29, 0.717) is 5.56 Å². The van der Waals surface area contributed by atoms with Crippen LogP contribution < -0.4 is 11.1 Å². The van der Waals surface area contributed by atoms with Gasteiger partial charge in [-0.25, -0.2) is 0 Å². The highest BCUT2D eigenvalue weighted by molar-refractivity contribution is 5.83. The number of benzene rings is 1. The van der Waals surface area contributed by atoms with Crippen LogP contribution in [0.3, 0.4) is 0 Å². The molecule has 5 heteroatoms. The molecular formula is C11H16N2O3. The molecule has 0 unspecified atom stereocenters. The maximum atomic E-state index is 11.6. The summed E-state index contributed by atoms with van der Waals surface area (Å²) in [4.78, 5) is 11.6. The van der Waals surface area contributed by atoms with Gasteiger partial charge in [-0.1, -0.05) is 30.3 Å². The van der Waals surface area contributed by atoms with Gasteiger partial charge in [-0.15, -0.1) is 0 Å². The first-order valence-corrected chi connectivity index (χ1v) is 5.01. The molecule has 1 aromatic rings. The van der Waals surface area contributed by atoms with E-state index in [1.165, 1.54) is 0 Å². The molecule has 0 aliphatic carbocycles. The molecule has 1 amide bonds. The predicted molar refractivity (Wildman–Crippen MR) is 59.5 cm³/mol. The van der Waals surface area contributed by atoms with Crippen LogP contribution >= 0.6 is 0 Å². The first-order valence-electron chi connectivity index (χ1n) is 5.01. The summed E-state index contributed by atoms with van der Waals surface area (Å²) in [6.07, 6.45) is 0. The lowest BCUT2D eigenvalue weighted by atomic mass is 10.1. The molecule has 1 rings (SSSR count). The monoisotopic (exact) mass is 224 g/mol. The van der Waals surface area contributed by atoms with Crippen LogP contribution in [-0.2, 0) is 4.79 Å². The summed E-state index contributed by atoms with van der Waals surface area (Å²) in [6.45, 7) is -0.631. The van der Waals surface area contributed by atoms with E-state index < -0.39 is 18.0 Å². The zero-order valence-electron chi connectivity index (χ0n) is 8.84. The standard InChI is InChI=1S/C11H16N2O3/c12-10(8-4-2-1-3-5-8)11(16)13-9(6-14)7-15/h1-5,9-10,14-15H,6-7,12H2,(H,13,16)/t10-/m1/s1. The van der Waals surface area contributed by atoms with E-state index in [4.69, 9.17) is 15.9 Å². The van der Waals surface area contributed by atoms with Crippen LogP contribution in [0.25, 0.3) is 0 Å². The molecule has 0 fully saturated rings. The van der Waals surface area contributed by atoms with Crippen molar-refractivity contribution in [3.05, 3.63) is 35.9 Å². The zero-order chi connectivity index (χ0) is 12.0. The number of carbonyl (C=O) groups is 1. The molecule has 1 aromatic carbocycles. The van der Waals surface area contributed by atoms with E-state index >= 15 is 0 Å². The molecule has 0 saturated heterocycles. The lowest BCUT2D eigenvalue weighted by molar-refractivity contribution is -0.123. The van der Waals surface area contributed by atoms with Gasteiger partial charge in [-0.05, 0) is 5.56 Å². The van der Waals surface area contributed by atoms with Gasteiger partial charge in [0.15, 0.2) is 0 Å². The average molecular weight is 224 g/mol. The zero-order valence-corrected chi connectivity index (χ0v) is 8.84. The van der Waals surface area contributed by atoms with E-state index in [-0.39, 0.29) is 13.2 Å². The highest BCUT2D eigenvalue weighted by Gasteiger charge is 2.18. The first kappa shape index (κ1) is 12.6. The van der Waals surface area contributed by atoms with Gasteiger partial charge in [0.05, 0.1) is 19.3 Å². The molecule has 0 aromatic heterocycles. The summed E-state index contributed by atoms with van der Waals surface area (Å²) >= 11 is 0. The van der Waals surface area contributed by atoms with Gasteiger partial charge in [0.25, 0.3) is 0 Å². The predicted octanol–water partition coefficient (Wildman–Crippen LogP) is -0.844. The normalized spacial score (nSPS) is 12.5. The molecule has 0 bridgehead atoms. The van der Waals surface area contributed by atoms with Crippen LogP contribution in [-0.4, -0.2) is 35.4 Å². The topological polar surface area (TPSA) is 95.6 Å². The average Bonchev–Trinajstić information content (AvgIpc) is 2.35. The van der Waals surface area contributed by atoms with Crippen molar-refractivity contribution in [1.29, 1.82) is 0 Å². The number of carbonyl (C=O) groups excluding carboxylic acids is 1. The van der Waals surface area contributed by atoms with E-state index in [1.807, 2.05) is 6.07 Å². The largest absolute Gasteiger partial charge is 0.394 e. The second-order valence-electron chi connectivity index (χ2n) is 3.46. The number of hydrogen-bond acceptors (Lipinski definition) is 4. The van der Waals surface area contributed by atoms with E-state index in [9.17, 15) is 4.79 Å². The van der Waals surface area contributed by atoms with Gasteiger partial charge in [0.2, 0.25) is 5.91 Å². The Labute approximate surface area is 93.9 Å². The van der Waals surface area contributed by atoms with Crippen molar-refractivity contribution in [3.63, 3.8) is 0 Å². The van der Waals surface area contributed by atoms with Crippen LogP contribution in [0, 0.1) is 0 Å². The van der Waals surface area contributed by atoms with Gasteiger partial charge in [0, 0.05) is 0 Å². The first-order chi connectivity index (χ1) is 7.69. The lowest BCUT2D eigenvalue weighted by Crippen LogP contribution is -2.44. The van der Waals surface area contributed by atoms with Crippen LogP contribution in [0.15, 0.2) is 30.3 Å². The number of nitrogens with two attached hydrogens (primary N) is 1. The lowest BCUT2D eigenvalue weighted by Gasteiger charge is -2.17. The number of nitrogens with one attached hydrogen (secondary N) is 1. The van der Waals surface area contributed by atoms with Gasteiger partial charge >= 0.3 is 0 Å². The molecule has 0 saturated carbocycles. The van der Waals surface area contributed by atoms with Gasteiger partial charge in [-0.3, -0.25) is 4.79 Å². The molecule has 0 radical (unpaired) electrons. The Balaban J connectivity index is 2.61. The minimum absolute atomic E-state index is 0.316. The third-order valence-corrected chi connectivity index (χ3v) is 2.23. The second-order valence-corrected chi connectivity index (χ2v) is 3.46. The Kier molecular flexibility index (Phi) is 4.91. The van der Waals surface area contributed by atoms with Crippen LogP contribution in [0.1, 0.15) is 11.6 Å². The van der Waals surface area contributed by atoms with E-state index in [1.54, 1.807) is 24.3 Å². The summed E-state index contributed by atoms with van der Waals surface area (Å²) in [6, 6.07) is 7.45. The van der Waals surface area contributed by atoms with Crippen molar-refractivity contribution in [2.75, 3.05) is 13.2 Å². The number of aliphatic hydroxyl groups is 2. The van der Waals surface area contributed by atoms with Gasteiger partial charge < -0.3 is 21.3 Å². The Morgan fingerprint density at radius 3 is 2.31 bits per heavy atom. The number of aliphatic hydroxyl groups excluding tert-OH is 2. The molecular weight excluding hydrogens is 208 g/mol. The number of rotatable bonds is 5. The molecule has 5 N–H and O–H groups in total. The fraction of sp³-hybridized carbons (Fsp3) is 0.364. The number of amides is 1. The fourth-order valence-electron chi connectivity index (χ4n) is 1.25. The van der Waals surface area contributed by atoms with E-state index in [2.05, 4.69) is 5.32 Å². The minimum Gasteiger partial charge on any atom is -0.394 e. The summed E-state index contributed by atoms with van der Waals surface area (Å²) in [5, 5.41) is 20.1. The summed E-state index contributed by atoms with van der Waals surface area (Å²) in [5.74, 6) is -0.417. The van der Waals surface area contributed by atoms with Crippen molar-refractivity contribution in [1.82, 2.24) is 5.32 Å². The quantitative estimate of drug-likeness (QED) is 0.524. The SMILES string of the molecule is N[C@@H](C(=O)NC(CO)CO)c1ccccc1. The maximum absolute atomic E-state index is 11.6. The van der Waals surface area contributed by atoms with Crippen LogP contribution in [0.2, 0.25) is 0 Å². The highest BCUT2D eigenvalue weighted by atomic mass is 16.3. The van der Waals surface area contributed by atoms with Crippen LogP contribution in [0.5, 0.6) is 0 Å². The number of hydrogen-bond donors (Lipinski definition) is 4. The Morgan fingerprint density at radius 1 is 1.25 bits per heavy atom. The third-order valence-electron chi connectivity index (χ3n) is 2.23.